The lowest BCUT2D eigenvalue weighted by molar-refractivity contribution is -0.140. The van der Waals surface area contributed by atoms with E-state index in [-0.39, 0.29) is 0 Å². The molecule has 1 aromatic rings. The number of aromatic nitrogens is 1. The van der Waals surface area contributed by atoms with Crippen LogP contribution in [0.1, 0.15) is 13.8 Å². The molecular formula is C11H15ClN2O2. The Labute approximate surface area is 99.9 Å². The number of carboxylic acid groups (broad SMARTS) is 1. The predicted molar refractivity (Wildman–Crippen MR) is 63.9 cm³/mol. The molecule has 5 heteroatoms. The summed E-state index contributed by atoms with van der Waals surface area (Å²) >= 11 is 5.74. The van der Waals surface area contributed by atoms with Crippen molar-refractivity contribution >= 4 is 23.4 Å². The van der Waals surface area contributed by atoms with Crippen LogP contribution in [0.15, 0.2) is 18.3 Å². The van der Waals surface area contributed by atoms with Crippen molar-refractivity contribution in [2.75, 3.05) is 18.0 Å². The van der Waals surface area contributed by atoms with Crippen LogP contribution in [0.4, 0.5) is 5.82 Å². The van der Waals surface area contributed by atoms with Crippen LogP contribution in [0.3, 0.4) is 0 Å². The fourth-order valence-electron chi connectivity index (χ4n) is 1.35. The van der Waals surface area contributed by atoms with E-state index in [0.717, 1.165) is 5.82 Å². The molecule has 0 fully saturated rings. The Hall–Kier alpha value is -1.29. The highest BCUT2D eigenvalue weighted by molar-refractivity contribution is 6.30. The van der Waals surface area contributed by atoms with E-state index in [1.165, 1.54) is 0 Å². The van der Waals surface area contributed by atoms with Crippen molar-refractivity contribution in [2.45, 2.75) is 13.8 Å². The minimum atomic E-state index is -0.799. The molecule has 1 aromatic heterocycles. The van der Waals surface area contributed by atoms with E-state index >= 15 is 0 Å². The molecule has 4 nitrogen and oxygen atoms in total. The van der Waals surface area contributed by atoms with Crippen molar-refractivity contribution in [3.05, 3.63) is 23.4 Å². The van der Waals surface area contributed by atoms with Gasteiger partial charge in [0.05, 0.1) is 10.9 Å². The molecule has 1 N–H and O–H groups in total. The van der Waals surface area contributed by atoms with E-state index in [1.54, 1.807) is 25.3 Å². The summed E-state index contributed by atoms with van der Waals surface area (Å²) < 4.78 is 0. The highest BCUT2D eigenvalue weighted by Crippen LogP contribution is 2.15. The van der Waals surface area contributed by atoms with Gasteiger partial charge in [0.2, 0.25) is 0 Å². The predicted octanol–water partition coefficient (Wildman–Crippen LogP) is 2.28. The van der Waals surface area contributed by atoms with E-state index < -0.39 is 11.9 Å². The molecule has 0 aliphatic heterocycles. The van der Waals surface area contributed by atoms with Gasteiger partial charge in [-0.25, -0.2) is 4.98 Å². The Morgan fingerprint density at radius 1 is 1.62 bits per heavy atom. The van der Waals surface area contributed by atoms with Crippen molar-refractivity contribution in [2.24, 2.45) is 5.92 Å². The maximum Gasteiger partial charge on any atom is 0.308 e. The highest BCUT2D eigenvalue weighted by Gasteiger charge is 2.16. The van der Waals surface area contributed by atoms with Crippen molar-refractivity contribution in [3.8, 4) is 0 Å². The molecular weight excluding hydrogens is 228 g/mol. The van der Waals surface area contributed by atoms with E-state index in [0.29, 0.717) is 18.1 Å². The van der Waals surface area contributed by atoms with Crippen molar-refractivity contribution in [3.63, 3.8) is 0 Å². The summed E-state index contributed by atoms with van der Waals surface area (Å²) in [5.41, 5.74) is 0. The van der Waals surface area contributed by atoms with Gasteiger partial charge in [-0.15, -0.1) is 0 Å². The first-order valence-corrected chi connectivity index (χ1v) is 5.51. The van der Waals surface area contributed by atoms with Gasteiger partial charge in [0.15, 0.2) is 0 Å². The molecule has 0 amide bonds. The molecule has 0 aliphatic rings. The van der Waals surface area contributed by atoms with Crippen LogP contribution in [-0.2, 0) is 4.79 Å². The quantitative estimate of drug-likeness (QED) is 0.861. The Kier molecular flexibility index (Phi) is 4.55. The molecule has 16 heavy (non-hydrogen) atoms. The number of hydrogen-bond donors (Lipinski definition) is 1. The maximum absolute atomic E-state index is 10.8. The first kappa shape index (κ1) is 12.8. The molecule has 1 heterocycles. The standard InChI is InChI=1S/C11H15ClN2O2/c1-3-14(7-8(2)11(15)16)10-5-4-9(12)6-13-10/h4-6,8H,3,7H2,1-2H3,(H,15,16). The number of carboxylic acids is 1. The van der Waals surface area contributed by atoms with Crippen molar-refractivity contribution < 1.29 is 9.90 Å². The summed E-state index contributed by atoms with van der Waals surface area (Å²) in [5.74, 6) is -0.468. The third-order valence-corrected chi connectivity index (χ3v) is 2.56. The first-order valence-electron chi connectivity index (χ1n) is 5.14. The lowest BCUT2D eigenvalue weighted by Gasteiger charge is -2.23. The molecule has 1 atom stereocenters. The van der Waals surface area contributed by atoms with Crippen LogP contribution in [0.2, 0.25) is 5.02 Å². The highest BCUT2D eigenvalue weighted by atomic mass is 35.5. The van der Waals surface area contributed by atoms with Gasteiger partial charge in [-0.05, 0) is 19.1 Å². The minimum absolute atomic E-state index is 0.419. The second kappa shape index (κ2) is 5.70. The van der Waals surface area contributed by atoms with E-state index in [1.807, 2.05) is 11.8 Å². The number of aliphatic carboxylic acids is 1. The van der Waals surface area contributed by atoms with Gasteiger partial charge in [-0.2, -0.15) is 0 Å². The summed E-state index contributed by atoms with van der Waals surface area (Å²) in [7, 11) is 0. The Bertz CT molecular complexity index is 354. The third-order valence-electron chi connectivity index (χ3n) is 2.33. The average molecular weight is 243 g/mol. The maximum atomic E-state index is 10.8. The largest absolute Gasteiger partial charge is 0.481 e. The molecule has 1 rings (SSSR count). The minimum Gasteiger partial charge on any atom is -0.481 e. The van der Waals surface area contributed by atoms with Gasteiger partial charge in [0, 0.05) is 19.3 Å². The van der Waals surface area contributed by atoms with Gasteiger partial charge in [0.1, 0.15) is 5.82 Å². The number of nitrogens with zero attached hydrogens (tertiary/aromatic N) is 2. The summed E-state index contributed by atoms with van der Waals surface area (Å²) in [5, 5.41) is 9.42. The van der Waals surface area contributed by atoms with E-state index in [2.05, 4.69) is 4.98 Å². The van der Waals surface area contributed by atoms with Crippen LogP contribution in [-0.4, -0.2) is 29.1 Å². The Morgan fingerprint density at radius 2 is 2.31 bits per heavy atom. The van der Waals surface area contributed by atoms with Crippen LogP contribution < -0.4 is 4.90 Å². The van der Waals surface area contributed by atoms with E-state index in [4.69, 9.17) is 16.7 Å². The second-order valence-corrected chi connectivity index (χ2v) is 4.05. The molecule has 0 aliphatic carbocycles. The Balaban J connectivity index is 2.74. The SMILES string of the molecule is CCN(CC(C)C(=O)O)c1ccc(Cl)cn1. The molecule has 88 valence electrons. The first-order chi connectivity index (χ1) is 7.54. The lowest BCUT2D eigenvalue weighted by atomic mass is 10.1. The summed E-state index contributed by atoms with van der Waals surface area (Å²) in [6, 6.07) is 3.54. The van der Waals surface area contributed by atoms with Gasteiger partial charge in [0.25, 0.3) is 0 Å². The molecule has 0 radical (unpaired) electrons. The van der Waals surface area contributed by atoms with Crippen molar-refractivity contribution in [1.29, 1.82) is 0 Å². The smallest absolute Gasteiger partial charge is 0.308 e. The van der Waals surface area contributed by atoms with Gasteiger partial charge < -0.3 is 10.0 Å². The van der Waals surface area contributed by atoms with Crippen LogP contribution >= 0.6 is 11.6 Å². The monoisotopic (exact) mass is 242 g/mol. The molecule has 0 aromatic carbocycles. The van der Waals surface area contributed by atoms with Gasteiger partial charge in [-0.1, -0.05) is 18.5 Å². The van der Waals surface area contributed by atoms with Crippen molar-refractivity contribution in [1.82, 2.24) is 4.98 Å². The van der Waals surface area contributed by atoms with Crippen LogP contribution in [0, 0.1) is 5.92 Å². The zero-order valence-corrected chi connectivity index (χ0v) is 10.1. The number of hydrogen-bond acceptors (Lipinski definition) is 3. The topological polar surface area (TPSA) is 53.4 Å². The summed E-state index contributed by atoms with van der Waals surface area (Å²) in [6.07, 6.45) is 1.56. The zero-order chi connectivity index (χ0) is 12.1. The fourth-order valence-corrected chi connectivity index (χ4v) is 1.46. The fraction of sp³-hybridized carbons (Fsp3) is 0.455. The number of anilines is 1. The van der Waals surface area contributed by atoms with Crippen LogP contribution in [0.5, 0.6) is 0 Å². The van der Waals surface area contributed by atoms with Gasteiger partial charge >= 0.3 is 5.97 Å². The average Bonchev–Trinajstić information content (AvgIpc) is 2.26. The van der Waals surface area contributed by atoms with Crippen LogP contribution in [0.25, 0.3) is 0 Å². The number of carbonyl (C=O) groups is 1. The molecule has 0 spiro atoms. The van der Waals surface area contributed by atoms with Gasteiger partial charge in [-0.3, -0.25) is 4.79 Å². The molecule has 0 saturated heterocycles. The lowest BCUT2D eigenvalue weighted by Crippen LogP contribution is -2.32. The summed E-state index contributed by atoms with van der Waals surface area (Å²) in [6.45, 7) is 4.80. The number of pyridine rings is 1. The normalized spacial score (nSPS) is 12.2. The second-order valence-electron chi connectivity index (χ2n) is 3.61. The molecule has 0 saturated carbocycles. The third kappa shape index (κ3) is 3.38. The van der Waals surface area contributed by atoms with E-state index in [9.17, 15) is 4.79 Å². The Morgan fingerprint density at radius 3 is 2.75 bits per heavy atom. The summed E-state index contributed by atoms with van der Waals surface area (Å²) in [4.78, 5) is 16.8. The number of rotatable bonds is 5. The zero-order valence-electron chi connectivity index (χ0n) is 9.35. The molecule has 1 unspecified atom stereocenters. The number of halogens is 1. The molecule has 0 bridgehead atoms.